The second-order valence-electron chi connectivity index (χ2n) is 6.31. The molecule has 1 N–H and O–H groups in total. The molecule has 0 saturated carbocycles. The van der Waals surface area contributed by atoms with Crippen LogP contribution in [0.1, 0.15) is 22.7 Å². The zero-order valence-electron chi connectivity index (χ0n) is 13.5. The van der Waals surface area contributed by atoms with Crippen LogP contribution in [0.2, 0.25) is 0 Å². The number of benzene rings is 2. The third-order valence-electron chi connectivity index (χ3n) is 4.72. The number of nitrogens with one attached hydrogen (secondary N) is 1. The van der Waals surface area contributed by atoms with E-state index in [4.69, 9.17) is 4.98 Å². The zero-order valence-corrected chi connectivity index (χ0v) is 14.3. The van der Waals surface area contributed by atoms with Crippen LogP contribution >= 0.6 is 11.3 Å². The van der Waals surface area contributed by atoms with Crippen molar-refractivity contribution in [2.75, 3.05) is 5.32 Å². The number of hydrogen-bond acceptors (Lipinski definition) is 4. The van der Waals surface area contributed by atoms with Gasteiger partial charge < -0.3 is 5.32 Å². The van der Waals surface area contributed by atoms with E-state index in [1.807, 2.05) is 18.3 Å². The number of anilines is 2. The van der Waals surface area contributed by atoms with Gasteiger partial charge in [-0.15, -0.1) is 11.3 Å². The number of hydrogen-bond donors (Lipinski definition) is 1. The van der Waals surface area contributed by atoms with E-state index in [1.165, 1.54) is 39.4 Å². The highest BCUT2D eigenvalue weighted by Crippen LogP contribution is 2.40. The standard InChI is InChI=1S/C20H17N3S/c1-12-21-19(18-15-9-5-11-17(15)24-20(18)22-12)23-16-10-4-7-13-6-2-3-8-14(13)16/h2-4,6-8,10H,5,9,11H2,1H3,(H,21,22,23). The third-order valence-corrected chi connectivity index (χ3v) is 5.90. The Balaban J connectivity index is 1.72. The maximum absolute atomic E-state index is 4.74. The first-order chi connectivity index (χ1) is 11.8. The number of nitrogens with zero attached hydrogens (tertiary/aromatic N) is 2. The van der Waals surface area contributed by atoms with Crippen LogP contribution in [0.4, 0.5) is 11.5 Å². The summed E-state index contributed by atoms with van der Waals surface area (Å²) in [4.78, 5) is 12.0. The van der Waals surface area contributed by atoms with Crippen molar-refractivity contribution in [2.45, 2.75) is 26.2 Å². The van der Waals surface area contributed by atoms with Gasteiger partial charge in [0.15, 0.2) is 0 Å². The smallest absolute Gasteiger partial charge is 0.143 e. The maximum Gasteiger partial charge on any atom is 0.143 e. The van der Waals surface area contributed by atoms with Crippen molar-refractivity contribution >= 4 is 43.8 Å². The summed E-state index contributed by atoms with van der Waals surface area (Å²) in [7, 11) is 0. The van der Waals surface area contributed by atoms with Crippen LogP contribution in [0.5, 0.6) is 0 Å². The van der Waals surface area contributed by atoms with Gasteiger partial charge in [0.2, 0.25) is 0 Å². The average Bonchev–Trinajstić information content (AvgIpc) is 3.15. The van der Waals surface area contributed by atoms with Gasteiger partial charge in [0.05, 0.1) is 5.39 Å². The lowest BCUT2D eigenvalue weighted by molar-refractivity contribution is 0.917. The lowest BCUT2D eigenvalue weighted by atomic mass is 10.1. The highest BCUT2D eigenvalue weighted by atomic mass is 32.1. The second-order valence-corrected chi connectivity index (χ2v) is 7.39. The minimum Gasteiger partial charge on any atom is -0.339 e. The highest BCUT2D eigenvalue weighted by molar-refractivity contribution is 7.19. The first kappa shape index (κ1) is 13.9. The monoisotopic (exact) mass is 331 g/mol. The van der Waals surface area contributed by atoms with Crippen molar-refractivity contribution < 1.29 is 0 Å². The van der Waals surface area contributed by atoms with Crippen LogP contribution in [0, 0.1) is 6.92 Å². The first-order valence-corrected chi connectivity index (χ1v) is 9.15. The first-order valence-electron chi connectivity index (χ1n) is 8.33. The van der Waals surface area contributed by atoms with Crippen LogP contribution in [0.3, 0.4) is 0 Å². The molecule has 0 amide bonds. The van der Waals surface area contributed by atoms with Gasteiger partial charge in [0.25, 0.3) is 0 Å². The minimum atomic E-state index is 0.824. The Bertz CT molecular complexity index is 1080. The number of thiophene rings is 1. The predicted molar refractivity (Wildman–Crippen MR) is 101 cm³/mol. The van der Waals surface area contributed by atoms with E-state index in [0.717, 1.165) is 28.6 Å². The molecule has 0 saturated heterocycles. The number of fused-ring (bicyclic) bond motifs is 4. The van der Waals surface area contributed by atoms with E-state index < -0.39 is 0 Å². The fourth-order valence-electron chi connectivity index (χ4n) is 3.65. The van der Waals surface area contributed by atoms with E-state index in [0.29, 0.717) is 0 Å². The average molecular weight is 331 g/mol. The van der Waals surface area contributed by atoms with Crippen LogP contribution in [0.25, 0.3) is 21.0 Å². The van der Waals surface area contributed by atoms with Gasteiger partial charge >= 0.3 is 0 Å². The van der Waals surface area contributed by atoms with E-state index >= 15 is 0 Å². The molecule has 24 heavy (non-hydrogen) atoms. The minimum absolute atomic E-state index is 0.824. The fraction of sp³-hybridized carbons (Fsp3) is 0.200. The van der Waals surface area contributed by atoms with E-state index in [1.54, 1.807) is 0 Å². The van der Waals surface area contributed by atoms with E-state index in [-0.39, 0.29) is 0 Å². The largest absolute Gasteiger partial charge is 0.339 e. The fourth-order valence-corrected chi connectivity index (χ4v) is 4.96. The summed E-state index contributed by atoms with van der Waals surface area (Å²) in [5, 5.41) is 7.28. The summed E-state index contributed by atoms with van der Waals surface area (Å²) in [5.74, 6) is 1.78. The number of aromatic nitrogens is 2. The number of rotatable bonds is 2. The predicted octanol–water partition coefficient (Wildman–Crippen LogP) is 5.39. The lowest BCUT2D eigenvalue weighted by Crippen LogP contribution is -1.99. The Morgan fingerprint density at radius 1 is 1.00 bits per heavy atom. The molecule has 0 bridgehead atoms. The van der Waals surface area contributed by atoms with Crippen molar-refractivity contribution in [3.8, 4) is 0 Å². The summed E-state index contributed by atoms with van der Waals surface area (Å²) in [6.07, 6.45) is 3.58. The van der Waals surface area contributed by atoms with Gasteiger partial charge in [-0.1, -0.05) is 36.4 Å². The van der Waals surface area contributed by atoms with Crippen molar-refractivity contribution in [1.82, 2.24) is 9.97 Å². The Morgan fingerprint density at radius 2 is 1.88 bits per heavy atom. The summed E-state index contributed by atoms with van der Waals surface area (Å²) in [6, 6.07) is 14.8. The van der Waals surface area contributed by atoms with E-state index in [9.17, 15) is 0 Å². The molecule has 1 aliphatic rings. The topological polar surface area (TPSA) is 37.8 Å². The summed E-state index contributed by atoms with van der Waals surface area (Å²) in [5.41, 5.74) is 2.56. The Kier molecular flexibility index (Phi) is 3.06. The van der Waals surface area contributed by atoms with Gasteiger partial charge in [-0.05, 0) is 43.2 Å². The molecular weight excluding hydrogens is 314 g/mol. The summed E-state index contributed by atoms with van der Waals surface area (Å²) >= 11 is 1.84. The Hall–Kier alpha value is -2.46. The molecule has 3 nitrogen and oxygen atoms in total. The zero-order chi connectivity index (χ0) is 16.1. The van der Waals surface area contributed by atoms with Gasteiger partial charge in [0.1, 0.15) is 16.5 Å². The molecule has 0 aliphatic heterocycles. The van der Waals surface area contributed by atoms with Gasteiger partial charge in [0, 0.05) is 16.0 Å². The summed E-state index contributed by atoms with van der Waals surface area (Å²) < 4.78 is 0. The molecular formula is C20H17N3S. The van der Waals surface area contributed by atoms with Crippen molar-refractivity contribution in [1.29, 1.82) is 0 Å². The van der Waals surface area contributed by atoms with E-state index in [2.05, 4.69) is 52.8 Å². The van der Waals surface area contributed by atoms with Crippen LogP contribution < -0.4 is 5.32 Å². The quantitative estimate of drug-likeness (QED) is 0.535. The lowest BCUT2D eigenvalue weighted by Gasteiger charge is -2.11. The Morgan fingerprint density at radius 3 is 2.83 bits per heavy atom. The van der Waals surface area contributed by atoms with Crippen LogP contribution in [-0.4, -0.2) is 9.97 Å². The number of aryl methyl sites for hydroxylation is 3. The molecule has 0 unspecified atom stereocenters. The molecule has 5 rings (SSSR count). The molecule has 2 aromatic carbocycles. The van der Waals surface area contributed by atoms with Gasteiger partial charge in [-0.2, -0.15) is 0 Å². The molecule has 4 heteroatoms. The third kappa shape index (κ3) is 2.10. The normalized spacial score (nSPS) is 13.5. The van der Waals surface area contributed by atoms with Gasteiger partial charge in [-0.25, -0.2) is 9.97 Å². The molecule has 0 atom stereocenters. The molecule has 2 aromatic heterocycles. The Labute approximate surface area is 144 Å². The van der Waals surface area contributed by atoms with Crippen molar-refractivity contribution in [2.24, 2.45) is 0 Å². The molecule has 0 radical (unpaired) electrons. The van der Waals surface area contributed by atoms with Crippen LogP contribution in [0.15, 0.2) is 42.5 Å². The molecule has 0 fully saturated rings. The second kappa shape index (κ2) is 5.28. The molecule has 1 aliphatic carbocycles. The highest BCUT2D eigenvalue weighted by Gasteiger charge is 2.22. The molecule has 4 aromatic rings. The van der Waals surface area contributed by atoms with Gasteiger partial charge in [-0.3, -0.25) is 0 Å². The molecule has 2 heterocycles. The molecule has 118 valence electrons. The van der Waals surface area contributed by atoms with Crippen molar-refractivity contribution in [3.05, 3.63) is 58.7 Å². The SMILES string of the molecule is Cc1nc(Nc2cccc3ccccc23)c2c3c(sc2n1)CCC3. The van der Waals surface area contributed by atoms with Crippen molar-refractivity contribution in [3.63, 3.8) is 0 Å². The summed E-state index contributed by atoms with van der Waals surface area (Å²) in [6.45, 7) is 1.97. The molecule has 0 spiro atoms. The maximum atomic E-state index is 4.74. The van der Waals surface area contributed by atoms with Crippen LogP contribution in [-0.2, 0) is 12.8 Å².